The molecule has 24 heavy (non-hydrogen) atoms. The lowest BCUT2D eigenvalue weighted by Gasteiger charge is -2.26. The zero-order valence-electron chi connectivity index (χ0n) is 13.1. The van der Waals surface area contributed by atoms with Crippen molar-refractivity contribution in [2.75, 3.05) is 39.5 Å². The number of carbonyl (C=O) groups excluding carboxylic acids is 1. The molecule has 2 aromatic rings. The highest BCUT2D eigenvalue weighted by molar-refractivity contribution is 5.92. The number of morpholine rings is 1. The minimum absolute atomic E-state index is 0. The van der Waals surface area contributed by atoms with Crippen molar-refractivity contribution in [1.82, 2.24) is 19.4 Å². The molecule has 0 spiro atoms. The Hall–Kier alpha value is -2.16. The third-order valence-electron chi connectivity index (χ3n) is 3.63. The second-order valence-corrected chi connectivity index (χ2v) is 5.20. The maximum Gasteiger partial charge on any atom is 0.316 e. The summed E-state index contributed by atoms with van der Waals surface area (Å²) in [5.41, 5.74) is 6.41. The molecule has 0 unspecified atom stereocenters. The van der Waals surface area contributed by atoms with Crippen LogP contribution in [0.4, 0.5) is 0 Å². The largest absolute Gasteiger partial charge is 0.462 e. The quantitative estimate of drug-likeness (QED) is 0.812. The number of carbonyl (C=O) groups is 1. The zero-order valence-corrected chi connectivity index (χ0v) is 13.9. The second-order valence-electron chi connectivity index (χ2n) is 5.20. The summed E-state index contributed by atoms with van der Waals surface area (Å²) in [6, 6.07) is 1.99. The standard InChI is InChI=1S/C15H19N5O3.ClH/c16-14(21)12-1-2-20(11-12)13-9-17-15(18-10-13)23-8-5-19-3-6-22-7-4-19;/h1-2,9-11H,3-8H2,(H2,16,21);1H. The van der Waals surface area contributed by atoms with Crippen molar-refractivity contribution in [3.63, 3.8) is 0 Å². The number of halogens is 1. The minimum atomic E-state index is -0.465. The molecule has 1 aliphatic heterocycles. The summed E-state index contributed by atoms with van der Waals surface area (Å²) in [6.07, 6.45) is 6.65. The molecule has 1 saturated heterocycles. The van der Waals surface area contributed by atoms with Crippen LogP contribution in [0.15, 0.2) is 30.9 Å². The Bertz CT molecular complexity index is 655. The molecule has 130 valence electrons. The summed E-state index contributed by atoms with van der Waals surface area (Å²) in [5.74, 6) is -0.465. The molecule has 1 fully saturated rings. The van der Waals surface area contributed by atoms with Crippen LogP contribution in [0, 0.1) is 0 Å². The Morgan fingerprint density at radius 3 is 2.62 bits per heavy atom. The molecule has 0 radical (unpaired) electrons. The predicted octanol–water partition coefficient (Wildman–Crippen LogP) is 0.499. The lowest BCUT2D eigenvalue weighted by Crippen LogP contribution is -2.38. The normalized spacial score (nSPS) is 14.8. The number of rotatable bonds is 6. The topological polar surface area (TPSA) is 95.5 Å². The van der Waals surface area contributed by atoms with E-state index in [1.807, 2.05) is 0 Å². The molecular weight excluding hydrogens is 334 g/mol. The molecule has 1 aliphatic rings. The van der Waals surface area contributed by atoms with Crippen molar-refractivity contribution in [3.8, 4) is 11.7 Å². The third-order valence-corrected chi connectivity index (χ3v) is 3.63. The fourth-order valence-electron chi connectivity index (χ4n) is 2.31. The smallest absolute Gasteiger partial charge is 0.316 e. The van der Waals surface area contributed by atoms with Gasteiger partial charge in [-0.3, -0.25) is 9.69 Å². The Balaban J connectivity index is 0.00000208. The molecule has 3 heterocycles. The van der Waals surface area contributed by atoms with Crippen LogP contribution in [0.1, 0.15) is 10.4 Å². The summed E-state index contributed by atoms with van der Waals surface area (Å²) in [7, 11) is 0. The first kappa shape index (κ1) is 18.2. The Morgan fingerprint density at radius 1 is 1.29 bits per heavy atom. The van der Waals surface area contributed by atoms with Crippen LogP contribution in [0.2, 0.25) is 0 Å². The van der Waals surface area contributed by atoms with Crippen LogP contribution in [0.3, 0.4) is 0 Å². The molecule has 0 aliphatic carbocycles. The number of nitrogens with zero attached hydrogens (tertiary/aromatic N) is 4. The number of hydrogen-bond acceptors (Lipinski definition) is 6. The number of aromatic nitrogens is 3. The van der Waals surface area contributed by atoms with E-state index in [1.165, 1.54) is 0 Å². The molecule has 0 aromatic carbocycles. The number of ether oxygens (including phenoxy) is 2. The second kappa shape index (κ2) is 8.62. The van der Waals surface area contributed by atoms with Gasteiger partial charge in [0.15, 0.2) is 0 Å². The molecule has 0 saturated carbocycles. The molecule has 0 bridgehead atoms. The zero-order chi connectivity index (χ0) is 16.1. The van der Waals surface area contributed by atoms with Crippen molar-refractivity contribution in [2.24, 2.45) is 5.73 Å². The van der Waals surface area contributed by atoms with Crippen LogP contribution in [-0.2, 0) is 4.74 Å². The van der Waals surface area contributed by atoms with E-state index in [2.05, 4.69) is 14.9 Å². The van der Waals surface area contributed by atoms with Gasteiger partial charge in [0.2, 0.25) is 5.91 Å². The van der Waals surface area contributed by atoms with Crippen LogP contribution < -0.4 is 10.5 Å². The van der Waals surface area contributed by atoms with Crippen molar-refractivity contribution in [3.05, 3.63) is 36.4 Å². The van der Waals surface area contributed by atoms with Gasteiger partial charge in [0, 0.05) is 32.0 Å². The molecule has 0 atom stereocenters. The highest BCUT2D eigenvalue weighted by Gasteiger charge is 2.10. The van der Waals surface area contributed by atoms with E-state index < -0.39 is 5.91 Å². The van der Waals surface area contributed by atoms with Crippen LogP contribution in [-0.4, -0.2) is 64.8 Å². The number of hydrogen-bond donors (Lipinski definition) is 1. The van der Waals surface area contributed by atoms with Gasteiger partial charge in [-0.25, -0.2) is 9.97 Å². The number of primary amides is 1. The molecule has 8 nitrogen and oxygen atoms in total. The number of amides is 1. The van der Waals surface area contributed by atoms with E-state index >= 15 is 0 Å². The average Bonchev–Trinajstić information content (AvgIpc) is 3.07. The van der Waals surface area contributed by atoms with Crippen molar-refractivity contribution in [2.45, 2.75) is 0 Å². The van der Waals surface area contributed by atoms with E-state index in [4.69, 9.17) is 15.2 Å². The van der Waals surface area contributed by atoms with Gasteiger partial charge in [-0.15, -0.1) is 12.4 Å². The Labute approximate surface area is 146 Å². The molecule has 1 amide bonds. The van der Waals surface area contributed by atoms with Crippen LogP contribution >= 0.6 is 12.4 Å². The van der Waals surface area contributed by atoms with Gasteiger partial charge in [0.1, 0.15) is 6.61 Å². The minimum Gasteiger partial charge on any atom is -0.462 e. The highest BCUT2D eigenvalue weighted by Crippen LogP contribution is 2.10. The molecular formula is C15H20ClN5O3. The monoisotopic (exact) mass is 353 g/mol. The van der Waals surface area contributed by atoms with E-state index in [1.54, 1.807) is 35.4 Å². The summed E-state index contributed by atoms with van der Waals surface area (Å²) in [4.78, 5) is 21.7. The van der Waals surface area contributed by atoms with Crippen LogP contribution in [0.25, 0.3) is 5.69 Å². The Kier molecular flexibility index (Phi) is 6.53. The van der Waals surface area contributed by atoms with Crippen molar-refractivity contribution < 1.29 is 14.3 Å². The molecule has 2 N–H and O–H groups in total. The predicted molar refractivity (Wildman–Crippen MR) is 89.9 cm³/mol. The first-order chi connectivity index (χ1) is 11.2. The highest BCUT2D eigenvalue weighted by atomic mass is 35.5. The van der Waals surface area contributed by atoms with E-state index in [-0.39, 0.29) is 12.4 Å². The van der Waals surface area contributed by atoms with Crippen molar-refractivity contribution >= 4 is 18.3 Å². The SMILES string of the molecule is Cl.NC(=O)c1ccn(-c2cnc(OCCN3CCOCC3)nc2)c1. The van der Waals surface area contributed by atoms with Gasteiger partial charge in [0.05, 0.1) is 36.9 Å². The van der Waals surface area contributed by atoms with E-state index in [0.29, 0.717) is 18.2 Å². The first-order valence-electron chi connectivity index (χ1n) is 7.45. The molecule has 2 aromatic heterocycles. The third kappa shape index (κ3) is 4.67. The summed E-state index contributed by atoms with van der Waals surface area (Å²) in [5, 5.41) is 0. The molecule has 3 rings (SSSR count). The summed E-state index contributed by atoms with van der Waals surface area (Å²) >= 11 is 0. The lowest BCUT2D eigenvalue weighted by molar-refractivity contribution is 0.0317. The van der Waals surface area contributed by atoms with E-state index in [9.17, 15) is 4.79 Å². The first-order valence-corrected chi connectivity index (χ1v) is 7.45. The van der Waals surface area contributed by atoms with Crippen LogP contribution in [0.5, 0.6) is 6.01 Å². The summed E-state index contributed by atoms with van der Waals surface area (Å²) < 4.78 is 12.6. The van der Waals surface area contributed by atoms with E-state index in [0.717, 1.165) is 38.5 Å². The Morgan fingerprint density at radius 2 is 2.00 bits per heavy atom. The fourth-order valence-corrected chi connectivity index (χ4v) is 2.31. The van der Waals surface area contributed by atoms with Gasteiger partial charge in [-0.1, -0.05) is 0 Å². The fraction of sp³-hybridized carbons (Fsp3) is 0.400. The number of nitrogens with two attached hydrogens (primary N) is 1. The molecule has 9 heteroatoms. The lowest BCUT2D eigenvalue weighted by atomic mass is 10.3. The van der Waals surface area contributed by atoms with Gasteiger partial charge in [0.25, 0.3) is 0 Å². The van der Waals surface area contributed by atoms with Gasteiger partial charge >= 0.3 is 6.01 Å². The van der Waals surface area contributed by atoms with Gasteiger partial charge < -0.3 is 19.8 Å². The van der Waals surface area contributed by atoms with Gasteiger partial charge in [-0.05, 0) is 6.07 Å². The maximum absolute atomic E-state index is 11.1. The summed E-state index contributed by atoms with van der Waals surface area (Å²) in [6.45, 7) is 4.77. The van der Waals surface area contributed by atoms with Crippen molar-refractivity contribution in [1.29, 1.82) is 0 Å². The average molecular weight is 354 g/mol. The maximum atomic E-state index is 11.1. The van der Waals surface area contributed by atoms with Gasteiger partial charge in [-0.2, -0.15) is 0 Å².